The molecule has 3 heteroatoms. The molecule has 1 aromatic rings. The van der Waals surface area contributed by atoms with Crippen LogP contribution in [-0.2, 0) is 6.54 Å². The summed E-state index contributed by atoms with van der Waals surface area (Å²) >= 11 is 0. The van der Waals surface area contributed by atoms with Crippen molar-refractivity contribution < 1.29 is 0 Å². The zero-order chi connectivity index (χ0) is 7.14. The summed E-state index contributed by atoms with van der Waals surface area (Å²) in [5.74, 6) is 0. The highest BCUT2D eigenvalue weighted by Gasteiger charge is 2.21. The second-order valence-corrected chi connectivity index (χ2v) is 2.81. The van der Waals surface area contributed by atoms with Crippen LogP contribution in [0, 0.1) is 6.92 Å². The lowest BCUT2D eigenvalue weighted by Gasteiger charge is -1.97. The molecule has 0 saturated carbocycles. The van der Waals surface area contributed by atoms with E-state index in [2.05, 4.69) is 29.4 Å². The molecule has 1 aliphatic rings. The molecule has 0 amide bonds. The van der Waals surface area contributed by atoms with E-state index >= 15 is 0 Å². The second kappa shape index (κ2) is 1.83. The molecule has 0 saturated heterocycles. The molecule has 10 heavy (non-hydrogen) atoms. The maximum absolute atomic E-state index is 4.19. The van der Waals surface area contributed by atoms with Crippen LogP contribution in [0.4, 0.5) is 0 Å². The molecular formula is C7H11N3. The number of hydrogen-bond acceptors (Lipinski definition) is 2. The summed E-state index contributed by atoms with van der Waals surface area (Å²) < 4.78 is 0. The molecule has 2 N–H and O–H groups in total. The first-order chi connectivity index (χ1) is 4.79. The summed E-state index contributed by atoms with van der Waals surface area (Å²) in [4.78, 5) is 0. The van der Waals surface area contributed by atoms with Gasteiger partial charge >= 0.3 is 0 Å². The van der Waals surface area contributed by atoms with E-state index < -0.39 is 0 Å². The van der Waals surface area contributed by atoms with Crippen molar-refractivity contribution in [3.05, 3.63) is 17.0 Å². The number of aromatic amines is 1. The van der Waals surface area contributed by atoms with Gasteiger partial charge in [-0.1, -0.05) is 0 Å². The highest BCUT2D eigenvalue weighted by molar-refractivity contribution is 5.30. The Balaban J connectivity index is 2.53. The second-order valence-electron chi connectivity index (χ2n) is 2.81. The summed E-state index contributed by atoms with van der Waals surface area (Å²) in [6.07, 6.45) is 0. The Labute approximate surface area is 59.8 Å². The minimum atomic E-state index is 0.431. The number of H-pyrrole nitrogens is 1. The quantitative estimate of drug-likeness (QED) is 0.557. The Hall–Kier alpha value is -0.830. The largest absolute Gasteiger partial charge is 0.305 e. The van der Waals surface area contributed by atoms with Gasteiger partial charge in [0.1, 0.15) is 0 Å². The molecule has 1 unspecified atom stereocenters. The van der Waals surface area contributed by atoms with Gasteiger partial charge in [-0.05, 0) is 13.8 Å². The van der Waals surface area contributed by atoms with Crippen LogP contribution < -0.4 is 5.32 Å². The van der Waals surface area contributed by atoms with Gasteiger partial charge in [0, 0.05) is 23.8 Å². The van der Waals surface area contributed by atoms with E-state index in [1.165, 1.54) is 17.0 Å². The molecule has 0 bridgehead atoms. The third-order valence-electron chi connectivity index (χ3n) is 2.10. The fourth-order valence-corrected chi connectivity index (χ4v) is 1.40. The van der Waals surface area contributed by atoms with Crippen molar-refractivity contribution in [2.24, 2.45) is 0 Å². The SMILES string of the molecule is Cc1[nH]nc2c1CNC2C. The third-order valence-corrected chi connectivity index (χ3v) is 2.10. The lowest BCUT2D eigenvalue weighted by atomic mass is 10.2. The van der Waals surface area contributed by atoms with Gasteiger partial charge in [0.25, 0.3) is 0 Å². The average molecular weight is 137 g/mol. The molecule has 2 rings (SSSR count). The topological polar surface area (TPSA) is 40.7 Å². The number of aromatic nitrogens is 2. The van der Waals surface area contributed by atoms with E-state index in [1.807, 2.05) is 0 Å². The van der Waals surface area contributed by atoms with E-state index in [0.717, 1.165) is 6.54 Å². The molecule has 1 atom stereocenters. The van der Waals surface area contributed by atoms with Crippen LogP contribution in [0.2, 0.25) is 0 Å². The Morgan fingerprint density at radius 3 is 3.10 bits per heavy atom. The van der Waals surface area contributed by atoms with Crippen LogP contribution in [-0.4, -0.2) is 10.2 Å². The lowest BCUT2D eigenvalue weighted by molar-refractivity contribution is 0.612. The molecule has 2 heterocycles. The van der Waals surface area contributed by atoms with Crippen LogP contribution >= 0.6 is 0 Å². The standard InChI is InChI=1S/C7H11N3/c1-4-6-3-8-5(2)7(6)10-9-4/h5,8H,3H2,1-2H3,(H,9,10). The van der Waals surface area contributed by atoms with Gasteiger partial charge in [0.05, 0.1) is 5.69 Å². The summed E-state index contributed by atoms with van der Waals surface area (Å²) in [5, 5.41) is 10.5. The zero-order valence-electron chi connectivity index (χ0n) is 6.23. The van der Waals surface area contributed by atoms with E-state index in [0.29, 0.717) is 6.04 Å². The molecule has 1 aromatic heterocycles. The lowest BCUT2D eigenvalue weighted by Crippen LogP contribution is -2.08. The predicted octanol–water partition coefficient (Wildman–Crippen LogP) is 0.882. The van der Waals surface area contributed by atoms with E-state index in [1.54, 1.807) is 0 Å². The summed E-state index contributed by atoms with van der Waals surface area (Å²) in [6.45, 7) is 5.16. The number of fused-ring (bicyclic) bond motifs is 1. The van der Waals surface area contributed by atoms with Crippen molar-refractivity contribution in [1.82, 2.24) is 15.5 Å². The number of rotatable bonds is 0. The first kappa shape index (κ1) is 5.92. The number of hydrogen-bond donors (Lipinski definition) is 2. The Kier molecular flexibility index (Phi) is 1.08. The number of nitrogens with zero attached hydrogens (tertiary/aromatic N) is 1. The first-order valence-electron chi connectivity index (χ1n) is 3.56. The van der Waals surface area contributed by atoms with Crippen molar-refractivity contribution >= 4 is 0 Å². The Bertz CT molecular complexity index is 251. The number of nitrogens with one attached hydrogen (secondary N) is 2. The van der Waals surface area contributed by atoms with Gasteiger partial charge in [0.15, 0.2) is 0 Å². The molecule has 54 valence electrons. The van der Waals surface area contributed by atoms with Crippen LogP contribution in [0.25, 0.3) is 0 Å². The Morgan fingerprint density at radius 1 is 1.60 bits per heavy atom. The molecule has 1 aliphatic heterocycles. The molecule has 0 spiro atoms. The molecule has 0 aromatic carbocycles. The van der Waals surface area contributed by atoms with Crippen LogP contribution in [0.5, 0.6) is 0 Å². The highest BCUT2D eigenvalue weighted by atomic mass is 15.2. The van der Waals surface area contributed by atoms with Crippen LogP contribution in [0.1, 0.15) is 29.9 Å². The van der Waals surface area contributed by atoms with E-state index in [4.69, 9.17) is 0 Å². The van der Waals surface area contributed by atoms with E-state index in [-0.39, 0.29) is 0 Å². The average Bonchev–Trinajstić information content (AvgIpc) is 2.41. The van der Waals surface area contributed by atoms with Crippen molar-refractivity contribution in [2.75, 3.05) is 0 Å². The van der Waals surface area contributed by atoms with Crippen molar-refractivity contribution in [3.63, 3.8) is 0 Å². The van der Waals surface area contributed by atoms with Crippen molar-refractivity contribution in [1.29, 1.82) is 0 Å². The van der Waals surface area contributed by atoms with Crippen molar-refractivity contribution in [2.45, 2.75) is 26.4 Å². The molecule has 0 fully saturated rings. The highest BCUT2D eigenvalue weighted by Crippen LogP contribution is 2.23. The van der Waals surface area contributed by atoms with Gasteiger partial charge in [-0.15, -0.1) is 0 Å². The van der Waals surface area contributed by atoms with Gasteiger partial charge in [-0.25, -0.2) is 0 Å². The maximum atomic E-state index is 4.19. The van der Waals surface area contributed by atoms with Gasteiger partial charge < -0.3 is 5.32 Å². The zero-order valence-corrected chi connectivity index (χ0v) is 6.23. The minimum Gasteiger partial charge on any atom is -0.305 e. The monoisotopic (exact) mass is 137 g/mol. The van der Waals surface area contributed by atoms with Gasteiger partial charge in [-0.3, -0.25) is 5.10 Å². The van der Waals surface area contributed by atoms with E-state index in [9.17, 15) is 0 Å². The normalized spacial score (nSPS) is 23.2. The molecular weight excluding hydrogens is 126 g/mol. The smallest absolute Gasteiger partial charge is 0.0836 e. The first-order valence-corrected chi connectivity index (χ1v) is 3.56. The fraction of sp³-hybridized carbons (Fsp3) is 0.571. The minimum absolute atomic E-state index is 0.431. The molecule has 0 aliphatic carbocycles. The number of aryl methyl sites for hydroxylation is 1. The summed E-state index contributed by atoms with van der Waals surface area (Å²) in [5.41, 5.74) is 3.75. The third kappa shape index (κ3) is 0.609. The maximum Gasteiger partial charge on any atom is 0.0836 e. The van der Waals surface area contributed by atoms with Crippen molar-refractivity contribution in [3.8, 4) is 0 Å². The van der Waals surface area contributed by atoms with Crippen LogP contribution in [0.15, 0.2) is 0 Å². The predicted molar refractivity (Wildman–Crippen MR) is 38.6 cm³/mol. The Morgan fingerprint density at radius 2 is 2.40 bits per heavy atom. The summed E-state index contributed by atoms with van der Waals surface area (Å²) in [7, 11) is 0. The molecule has 0 radical (unpaired) electrons. The van der Waals surface area contributed by atoms with Gasteiger partial charge in [-0.2, -0.15) is 5.10 Å². The molecule has 3 nitrogen and oxygen atoms in total. The van der Waals surface area contributed by atoms with Crippen LogP contribution in [0.3, 0.4) is 0 Å². The fourth-order valence-electron chi connectivity index (χ4n) is 1.40. The van der Waals surface area contributed by atoms with Gasteiger partial charge in [0.2, 0.25) is 0 Å². The summed E-state index contributed by atoms with van der Waals surface area (Å²) in [6, 6.07) is 0.431.